The van der Waals surface area contributed by atoms with Crippen molar-refractivity contribution in [3.05, 3.63) is 55.4 Å². The minimum atomic E-state index is -0.215. The second-order valence-corrected chi connectivity index (χ2v) is 6.05. The lowest BCUT2D eigenvalue weighted by molar-refractivity contribution is 0.579. The Morgan fingerprint density at radius 1 is 1.41 bits per heavy atom. The molecule has 2 aromatic rings. The predicted molar refractivity (Wildman–Crippen MR) is 74.3 cm³/mol. The standard InChI is InChI=1S/C12H10BrClFNS/c1-16-11(7-4-2-3-5-9(7)15)10-6-8(13)12(14)17-10/h2-6,11,16H,1H3. The van der Waals surface area contributed by atoms with E-state index in [-0.39, 0.29) is 11.9 Å². The molecule has 0 amide bonds. The minimum absolute atomic E-state index is 0.176. The minimum Gasteiger partial charge on any atom is -0.309 e. The zero-order valence-electron chi connectivity index (χ0n) is 9.01. The molecule has 0 saturated heterocycles. The van der Waals surface area contributed by atoms with Crippen LogP contribution in [0.1, 0.15) is 16.5 Å². The van der Waals surface area contributed by atoms with Crippen molar-refractivity contribution in [1.29, 1.82) is 0 Å². The summed E-state index contributed by atoms with van der Waals surface area (Å²) in [4.78, 5) is 0.981. The first kappa shape index (κ1) is 13.0. The largest absolute Gasteiger partial charge is 0.309 e. The highest BCUT2D eigenvalue weighted by atomic mass is 79.9. The van der Waals surface area contributed by atoms with Gasteiger partial charge in [0.05, 0.1) is 6.04 Å². The highest BCUT2D eigenvalue weighted by molar-refractivity contribution is 9.10. The number of benzene rings is 1. The van der Waals surface area contributed by atoms with E-state index in [1.54, 1.807) is 19.2 Å². The average Bonchev–Trinajstić information content (AvgIpc) is 2.63. The lowest BCUT2D eigenvalue weighted by Gasteiger charge is -2.15. The third-order valence-electron chi connectivity index (χ3n) is 2.45. The number of halogens is 3. The molecule has 5 heteroatoms. The molecule has 1 N–H and O–H groups in total. The summed E-state index contributed by atoms with van der Waals surface area (Å²) in [5, 5.41) is 3.11. The Labute approximate surface area is 117 Å². The van der Waals surface area contributed by atoms with E-state index in [0.29, 0.717) is 9.90 Å². The van der Waals surface area contributed by atoms with Gasteiger partial charge in [0, 0.05) is 14.9 Å². The van der Waals surface area contributed by atoms with Crippen molar-refractivity contribution in [3.63, 3.8) is 0 Å². The molecule has 0 aliphatic rings. The van der Waals surface area contributed by atoms with Crippen LogP contribution < -0.4 is 5.32 Å². The van der Waals surface area contributed by atoms with E-state index in [9.17, 15) is 4.39 Å². The summed E-state index contributed by atoms with van der Waals surface area (Å²) in [5.74, 6) is -0.215. The summed E-state index contributed by atoms with van der Waals surface area (Å²) >= 11 is 10.8. The zero-order valence-corrected chi connectivity index (χ0v) is 12.2. The second kappa shape index (κ2) is 5.48. The average molecular weight is 335 g/mol. The Morgan fingerprint density at radius 2 is 2.12 bits per heavy atom. The molecular weight excluding hydrogens is 325 g/mol. The SMILES string of the molecule is CNC(c1cc(Br)c(Cl)s1)c1ccccc1F. The van der Waals surface area contributed by atoms with Gasteiger partial charge in [-0.2, -0.15) is 0 Å². The number of hydrogen-bond acceptors (Lipinski definition) is 2. The van der Waals surface area contributed by atoms with Crippen LogP contribution in [0.2, 0.25) is 4.34 Å². The number of thiophene rings is 1. The molecule has 2 rings (SSSR count). The van der Waals surface area contributed by atoms with Gasteiger partial charge < -0.3 is 5.32 Å². The molecule has 1 aromatic heterocycles. The molecule has 0 spiro atoms. The van der Waals surface area contributed by atoms with Crippen molar-refractivity contribution in [2.75, 3.05) is 7.05 Å². The van der Waals surface area contributed by atoms with Gasteiger partial charge in [0.2, 0.25) is 0 Å². The van der Waals surface area contributed by atoms with Crippen LogP contribution in [-0.4, -0.2) is 7.05 Å². The lowest BCUT2D eigenvalue weighted by Crippen LogP contribution is -2.17. The highest BCUT2D eigenvalue weighted by Crippen LogP contribution is 2.37. The van der Waals surface area contributed by atoms with E-state index >= 15 is 0 Å². The first-order valence-corrected chi connectivity index (χ1v) is 6.98. The van der Waals surface area contributed by atoms with Crippen LogP contribution in [0.25, 0.3) is 0 Å². The molecule has 90 valence electrons. The second-order valence-electron chi connectivity index (χ2n) is 3.51. The maximum absolute atomic E-state index is 13.7. The Balaban J connectivity index is 2.44. The third kappa shape index (κ3) is 2.71. The van der Waals surface area contributed by atoms with Crippen LogP contribution in [-0.2, 0) is 0 Å². The van der Waals surface area contributed by atoms with E-state index in [2.05, 4.69) is 21.2 Å². The molecule has 17 heavy (non-hydrogen) atoms. The topological polar surface area (TPSA) is 12.0 Å². The Kier molecular flexibility index (Phi) is 4.20. The maximum Gasteiger partial charge on any atom is 0.128 e. The molecule has 0 saturated carbocycles. The van der Waals surface area contributed by atoms with Crippen LogP contribution in [0.5, 0.6) is 0 Å². The lowest BCUT2D eigenvalue weighted by atomic mass is 10.1. The molecule has 0 aliphatic carbocycles. The molecule has 1 aromatic carbocycles. The van der Waals surface area contributed by atoms with E-state index in [1.807, 2.05) is 12.1 Å². The smallest absolute Gasteiger partial charge is 0.128 e. The van der Waals surface area contributed by atoms with Gasteiger partial charge in [-0.05, 0) is 35.1 Å². The molecule has 0 fully saturated rings. The van der Waals surface area contributed by atoms with Crippen LogP contribution in [0, 0.1) is 5.82 Å². The number of hydrogen-bond donors (Lipinski definition) is 1. The van der Waals surface area contributed by atoms with Crippen molar-refractivity contribution < 1.29 is 4.39 Å². The fraction of sp³-hybridized carbons (Fsp3) is 0.167. The molecule has 0 bridgehead atoms. The van der Waals surface area contributed by atoms with Gasteiger partial charge in [-0.15, -0.1) is 11.3 Å². The Bertz CT molecular complexity index is 509. The van der Waals surface area contributed by atoms with Crippen LogP contribution in [0.4, 0.5) is 4.39 Å². The van der Waals surface area contributed by atoms with Crippen molar-refractivity contribution in [1.82, 2.24) is 5.32 Å². The quantitative estimate of drug-likeness (QED) is 0.864. The fourth-order valence-corrected chi connectivity index (χ4v) is 3.53. The number of nitrogens with one attached hydrogen (secondary N) is 1. The van der Waals surface area contributed by atoms with Crippen molar-refractivity contribution >= 4 is 38.9 Å². The summed E-state index contributed by atoms with van der Waals surface area (Å²) in [5.41, 5.74) is 0.625. The van der Waals surface area contributed by atoms with Gasteiger partial charge in [0.1, 0.15) is 10.2 Å². The summed E-state index contributed by atoms with van der Waals surface area (Å²) in [6.45, 7) is 0. The predicted octanol–water partition coefficient (Wildman–Crippen LogP) is 4.61. The number of rotatable bonds is 3. The van der Waals surface area contributed by atoms with Gasteiger partial charge in [0.25, 0.3) is 0 Å². The van der Waals surface area contributed by atoms with Crippen LogP contribution in [0.3, 0.4) is 0 Å². The van der Waals surface area contributed by atoms with Crippen molar-refractivity contribution in [2.24, 2.45) is 0 Å². The first-order valence-electron chi connectivity index (χ1n) is 5.00. The van der Waals surface area contributed by atoms with Gasteiger partial charge in [-0.1, -0.05) is 29.8 Å². The van der Waals surface area contributed by atoms with E-state index in [1.165, 1.54) is 17.4 Å². The van der Waals surface area contributed by atoms with E-state index in [0.717, 1.165) is 9.35 Å². The fourth-order valence-electron chi connectivity index (χ4n) is 1.67. The molecule has 1 nitrogen and oxygen atoms in total. The molecule has 0 aliphatic heterocycles. The molecule has 0 radical (unpaired) electrons. The Morgan fingerprint density at radius 3 is 2.65 bits per heavy atom. The van der Waals surface area contributed by atoms with Gasteiger partial charge in [0.15, 0.2) is 0 Å². The van der Waals surface area contributed by atoms with Crippen LogP contribution >= 0.6 is 38.9 Å². The van der Waals surface area contributed by atoms with Crippen LogP contribution in [0.15, 0.2) is 34.8 Å². The summed E-state index contributed by atoms with van der Waals surface area (Å²) in [7, 11) is 1.80. The normalized spacial score (nSPS) is 12.7. The van der Waals surface area contributed by atoms with Gasteiger partial charge >= 0.3 is 0 Å². The monoisotopic (exact) mass is 333 g/mol. The summed E-state index contributed by atoms with van der Waals surface area (Å²) in [6, 6.07) is 8.49. The van der Waals surface area contributed by atoms with Crippen molar-refractivity contribution in [2.45, 2.75) is 6.04 Å². The third-order valence-corrected chi connectivity index (χ3v) is 4.99. The van der Waals surface area contributed by atoms with Crippen molar-refractivity contribution in [3.8, 4) is 0 Å². The summed E-state index contributed by atoms with van der Waals surface area (Å²) < 4.78 is 15.3. The van der Waals surface area contributed by atoms with E-state index < -0.39 is 0 Å². The van der Waals surface area contributed by atoms with Gasteiger partial charge in [-0.25, -0.2) is 4.39 Å². The summed E-state index contributed by atoms with van der Waals surface area (Å²) in [6.07, 6.45) is 0. The maximum atomic E-state index is 13.7. The zero-order chi connectivity index (χ0) is 12.4. The molecule has 1 atom stereocenters. The molecular formula is C12H10BrClFNS. The Hall–Kier alpha value is -0.420. The molecule has 1 heterocycles. The van der Waals surface area contributed by atoms with E-state index in [4.69, 9.17) is 11.6 Å². The molecule has 1 unspecified atom stereocenters. The first-order chi connectivity index (χ1) is 8.13. The van der Waals surface area contributed by atoms with Gasteiger partial charge in [-0.3, -0.25) is 0 Å². The highest BCUT2D eigenvalue weighted by Gasteiger charge is 2.18.